The molecule has 0 bridgehead atoms. The fourth-order valence-electron chi connectivity index (χ4n) is 5.08. The molecule has 29 heavy (non-hydrogen) atoms. The molecule has 1 saturated heterocycles. The van der Waals surface area contributed by atoms with Crippen LogP contribution in [0.15, 0.2) is 48.5 Å². The van der Waals surface area contributed by atoms with Gasteiger partial charge < -0.3 is 4.74 Å². The standard InChI is InChI=1S/C24H23NO4/c26-21(13-14-25-23(27)19-11-5-6-12-20(19)24(25)28)29-22-17-9-3-1-7-15(17)16-8-2-4-10-18(16)22/h1-4,7-10,19-20,22H,5-6,11-14H2/t19-,20-/m0/s1. The molecule has 148 valence electrons. The third-order valence-corrected chi connectivity index (χ3v) is 6.50. The highest BCUT2D eigenvalue weighted by Crippen LogP contribution is 2.45. The lowest BCUT2D eigenvalue weighted by atomic mass is 9.81. The fourth-order valence-corrected chi connectivity index (χ4v) is 5.08. The lowest BCUT2D eigenvalue weighted by Crippen LogP contribution is -2.33. The van der Waals surface area contributed by atoms with Crippen molar-refractivity contribution in [2.75, 3.05) is 6.54 Å². The maximum atomic E-state index is 12.6. The Bertz CT molecular complexity index is 928. The number of ether oxygens (including phenoxy) is 1. The summed E-state index contributed by atoms with van der Waals surface area (Å²) < 4.78 is 5.83. The maximum absolute atomic E-state index is 12.6. The van der Waals surface area contributed by atoms with Gasteiger partial charge in [0.2, 0.25) is 11.8 Å². The molecular weight excluding hydrogens is 366 g/mol. The van der Waals surface area contributed by atoms with Crippen molar-refractivity contribution in [2.45, 2.75) is 38.2 Å². The number of fused-ring (bicyclic) bond motifs is 4. The molecule has 2 amide bonds. The van der Waals surface area contributed by atoms with Crippen molar-refractivity contribution in [2.24, 2.45) is 11.8 Å². The van der Waals surface area contributed by atoms with Gasteiger partial charge in [0.1, 0.15) is 0 Å². The number of carbonyl (C=O) groups excluding carboxylic acids is 3. The van der Waals surface area contributed by atoms with Crippen LogP contribution in [0.3, 0.4) is 0 Å². The average Bonchev–Trinajstić information content (AvgIpc) is 3.20. The first kappa shape index (κ1) is 18.1. The molecule has 1 aliphatic heterocycles. The molecule has 0 spiro atoms. The van der Waals surface area contributed by atoms with Gasteiger partial charge >= 0.3 is 5.97 Å². The number of imide groups is 1. The zero-order valence-electron chi connectivity index (χ0n) is 16.2. The third kappa shape index (κ3) is 2.96. The summed E-state index contributed by atoms with van der Waals surface area (Å²) in [6.45, 7) is 0.111. The number of nitrogens with zero attached hydrogens (tertiary/aromatic N) is 1. The molecule has 0 aromatic heterocycles. The first-order valence-electron chi connectivity index (χ1n) is 10.4. The predicted molar refractivity (Wildman–Crippen MR) is 107 cm³/mol. The van der Waals surface area contributed by atoms with Gasteiger partial charge in [0.25, 0.3) is 0 Å². The van der Waals surface area contributed by atoms with Gasteiger partial charge in [0.05, 0.1) is 18.3 Å². The second-order valence-electron chi connectivity index (χ2n) is 8.12. The van der Waals surface area contributed by atoms with Gasteiger partial charge in [0.15, 0.2) is 6.10 Å². The lowest BCUT2D eigenvalue weighted by molar-refractivity contribution is -0.148. The van der Waals surface area contributed by atoms with Crippen LogP contribution in [0.2, 0.25) is 0 Å². The minimum Gasteiger partial charge on any atom is -0.452 e. The second kappa shape index (κ2) is 7.14. The lowest BCUT2D eigenvalue weighted by Gasteiger charge is -2.19. The van der Waals surface area contributed by atoms with Crippen molar-refractivity contribution >= 4 is 17.8 Å². The minimum atomic E-state index is -0.442. The highest BCUT2D eigenvalue weighted by atomic mass is 16.5. The first-order chi connectivity index (χ1) is 14.1. The van der Waals surface area contributed by atoms with E-state index < -0.39 is 12.1 Å². The van der Waals surface area contributed by atoms with Crippen LogP contribution >= 0.6 is 0 Å². The maximum Gasteiger partial charge on any atom is 0.308 e. The van der Waals surface area contributed by atoms with E-state index in [1.54, 1.807) is 0 Å². The minimum absolute atomic E-state index is 0.0255. The number of carbonyl (C=O) groups is 3. The van der Waals surface area contributed by atoms with E-state index in [4.69, 9.17) is 4.74 Å². The topological polar surface area (TPSA) is 63.7 Å². The van der Waals surface area contributed by atoms with E-state index in [1.165, 1.54) is 4.90 Å². The summed E-state index contributed by atoms with van der Waals surface area (Å²) in [6.07, 6.45) is 3.14. The SMILES string of the molecule is O=C(CCN1C(=O)[C@H]2CCCC[C@@H]2C1=O)OC1c2ccccc2-c2ccccc21. The molecular formula is C24H23NO4. The molecule has 2 atom stereocenters. The second-order valence-corrected chi connectivity index (χ2v) is 8.12. The summed E-state index contributed by atoms with van der Waals surface area (Å²) in [7, 11) is 0. The number of likely N-dealkylation sites (tertiary alicyclic amines) is 1. The molecule has 1 heterocycles. The Morgan fingerprint density at radius 3 is 1.93 bits per heavy atom. The van der Waals surface area contributed by atoms with Crippen LogP contribution in [0.25, 0.3) is 11.1 Å². The molecule has 0 radical (unpaired) electrons. The van der Waals surface area contributed by atoms with Crippen molar-refractivity contribution in [3.8, 4) is 11.1 Å². The Labute approximate surface area is 169 Å². The Kier molecular flexibility index (Phi) is 4.46. The predicted octanol–water partition coefficient (Wildman–Crippen LogP) is 3.86. The zero-order valence-corrected chi connectivity index (χ0v) is 16.2. The van der Waals surface area contributed by atoms with Crippen molar-refractivity contribution < 1.29 is 19.1 Å². The number of hydrogen-bond donors (Lipinski definition) is 0. The highest BCUT2D eigenvalue weighted by molar-refractivity contribution is 6.05. The van der Waals surface area contributed by atoms with Gasteiger partial charge in [-0.15, -0.1) is 0 Å². The summed E-state index contributed by atoms with van der Waals surface area (Å²) in [5.41, 5.74) is 4.10. The Morgan fingerprint density at radius 2 is 1.38 bits per heavy atom. The van der Waals surface area contributed by atoms with Crippen LogP contribution in [-0.4, -0.2) is 29.2 Å². The average molecular weight is 389 g/mol. The molecule has 5 rings (SSSR count). The van der Waals surface area contributed by atoms with Crippen molar-refractivity contribution in [3.63, 3.8) is 0 Å². The molecule has 3 aliphatic rings. The Balaban J connectivity index is 1.28. The van der Waals surface area contributed by atoms with Crippen LogP contribution in [-0.2, 0) is 19.1 Å². The summed E-state index contributed by atoms with van der Waals surface area (Å²) in [6, 6.07) is 15.9. The van der Waals surface area contributed by atoms with Crippen LogP contribution in [0.1, 0.15) is 49.3 Å². The van der Waals surface area contributed by atoms with Gasteiger partial charge in [-0.05, 0) is 24.0 Å². The van der Waals surface area contributed by atoms with Gasteiger partial charge in [-0.2, -0.15) is 0 Å². The van der Waals surface area contributed by atoms with Crippen LogP contribution in [0, 0.1) is 11.8 Å². The van der Waals surface area contributed by atoms with E-state index in [0.29, 0.717) is 0 Å². The van der Waals surface area contributed by atoms with Crippen LogP contribution in [0.5, 0.6) is 0 Å². The molecule has 5 nitrogen and oxygen atoms in total. The number of rotatable bonds is 4. The number of benzene rings is 2. The van der Waals surface area contributed by atoms with Crippen molar-refractivity contribution in [1.82, 2.24) is 4.90 Å². The summed E-state index contributed by atoms with van der Waals surface area (Å²) in [5, 5.41) is 0. The molecule has 0 unspecified atom stereocenters. The molecule has 2 aliphatic carbocycles. The Hall–Kier alpha value is -2.95. The van der Waals surface area contributed by atoms with Gasteiger partial charge in [0, 0.05) is 17.7 Å². The zero-order chi connectivity index (χ0) is 20.0. The molecule has 2 aromatic rings. The largest absolute Gasteiger partial charge is 0.452 e. The monoisotopic (exact) mass is 389 g/mol. The number of hydrogen-bond acceptors (Lipinski definition) is 4. The van der Waals surface area contributed by atoms with E-state index in [2.05, 4.69) is 0 Å². The summed E-state index contributed by atoms with van der Waals surface area (Å²) in [5.74, 6) is -0.966. The Morgan fingerprint density at radius 1 is 0.862 bits per heavy atom. The molecule has 0 N–H and O–H groups in total. The molecule has 1 saturated carbocycles. The normalized spacial score (nSPS) is 23.0. The van der Waals surface area contributed by atoms with Gasteiger partial charge in [-0.3, -0.25) is 19.3 Å². The van der Waals surface area contributed by atoms with E-state index in [1.807, 2.05) is 48.5 Å². The first-order valence-corrected chi connectivity index (χ1v) is 10.4. The van der Waals surface area contributed by atoms with E-state index in [9.17, 15) is 14.4 Å². The quantitative estimate of drug-likeness (QED) is 0.588. The molecule has 5 heteroatoms. The van der Waals surface area contributed by atoms with Crippen LogP contribution < -0.4 is 0 Å². The van der Waals surface area contributed by atoms with Gasteiger partial charge in [-0.25, -0.2) is 0 Å². The van der Waals surface area contributed by atoms with Crippen LogP contribution in [0.4, 0.5) is 0 Å². The van der Waals surface area contributed by atoms with Gasteiger partial charge in [-0.1, -0.05) is 61.4 Å². The van der Waals surface area contributed by atoms with Crippen molar-refractivity contribution in [1.29, 1.82) is 0 Å². The van der Waals surface area contributed by atoms with E-state index >= 15 is 0 Å². The third-order valence-electron chi connectivity index (χ3n) is 6.50. The molecule has 2 fully saturated rings. The summed E-state index contributed by atoms with van der Waals surface area (Å²) in [4.78, 5) is 39.1. The molecule has 2 aromatic carbocycles. The summed E-state index contributed by atoms with van der Waals surface area (Å²) >= 11 is 0. The highest BCUT2D eigenvalue weighted by Gasteiger charge is 2.48. The fraction of sp³-hybridized carbons (Fsp3) is 0.375. The number of amides is 2. The van der Waals surface area contributed by atoms with E-state index in [0.717, 1.165) is 47.9 Å². The van der Waals surface area contributed by atoms with Crippen molar-refractivity contribution in [3.05, 3.63) is 59.7 Å². The smallest absolute Gasteiger partial charge is 0.308 e. The number of esters is 1. The van der Waals surface area contributed by atoms with E-state index in [-0.39, 0.29) is 36.6 Å².